The summed E-state index contributed by atoms with van der Waals surface area (Å²) in [6, 6.07) is 0.967. The minimum Gasteiger partial charge on any atom is -0.370 e. The highest BCUT2D eigenvalue weighted by atomic mass is 15.1. The van der Waals surface area contributed by atoms with Crippen LogP contribution in [0.15, 0.2) is 4.99 Å². The second kappa shape index (κ2) is 5.55. The van der Waals surface area contributed by atoms with Crippen molar-refractivity contribution >= 4 is 5.96 Å². The van der Waals surface area contributed by atoms with Crippen molar-refractivity contribution in [1.29, 1.82) is 0 Å². The van der Waals surface area contributed by atoms with Gasteiger partial charge in [-0.25, -0.2) is 0 Å². The molecule has 0 radical (unpaired) electrons. The summed E-state index contributed by atoms with van der Waals surface area (Å²) in [4.78, 5) is 4.59. The van der Waals surface area contributed by atoms with Crippen LogP contribution in [0.5, 0.6) is 0 Å². The Labute approximate surface area is 98.9 Å². The summed E-state index contributed by atoms with van der Waals surface area (Å²) in [5.41, 5.74) is 5.94. The Kier molecular flexibility index (Phi) is 4.08. The Bertz CT molecular complexity index is 240. The second-order valence-corrected chi connectivity index (χ2v) is 5.53. The summed E-state index contributed by atoms with van der Waals surface area (Å²) in [5.74, 6) is 1.62. The number of nitrogens with two attached hydrogens (primary N) is 1. The van der Waals surface area contributed by atoms with Crippen molar-refractivity contribution in [2.75, 3.05) is 0 Å². The van der Waals surface area contributed by atoms with Gasteiger partial charge in [-0.15, -0.1) is 0 Å². The van der Waals surface area contributed by atoms with Crippen LogP contribution in [-0.2, 0) is 0 Å². The van der Waals surface area contributed by atoms with Gasteiger partial charge in [-0.3, -0.25) is 4.99 Å². The Balaban J connectivity index is 1.71. The van der Waals surface area contributed by atoms with E-state index in [0.29, 0.717) is 18.0 Å². The molecule has 3 N–H and O–H groups in total. The van der Waals surface area contributed by atoms with E-state index in [1.54, 1.807) is 0 Å². The van der Waals surface area contributed by atoms with Crippen LogP contribution in [-0.4, -0.2) is 18.0 Å². The summed E-state index contributed by atoms with van der Waals surface area (Å²) in [5, 5.41) is 3.33. The molecule has 2 saturated carbocycles. The van der Waals surface area contributed by atoms with E-state index in [0.717, 1.165) is 5.92 Å². The minimum absolute atomic E-state index is 0.481. The lowest BCUT2D eigenvalue weighted by Crippen LogP contribution is -2.39. The molecular formula is C13H25N3. The lowest BCUT2D eigenvalue weighted by Gasteiger charge is -2.20. The largest absolute Gasteiger partial charge is 0.370 e. The Morgan fingerprint density at radius 2 is 1.94 bits per heavy atom. The number of guanidine groups is 1. The van der Waals surface area contributed by atoms with Crippen molar-refractivity contribution in [3.8, 4) is 0 Å². The zero-order valence-electron chi connectivity index (χ0n) is 10.4. The molecule has 2 rings (SSSR count). The van der Waals surface area contributed by atoms with Crippen LogP contribution < -0.4 is 11.1 Å². The molecule has 2 aliphatic rings. The molecule has 0 aromatic rings. The first-order valence-corrected chi connectivity index (χ1v) is 6.84. The summed E-state index contributed by atoms with van der Waals surface area (Å²) < 4.78 is 0. The van der Waals surface area contributed by atoms with Crippen LogP contribution in [0, 0.1) is 5.92 Å². The van der Waals surface area contributed by atoms with E-state index < -0.39 is 0 Å². The second-order valence-electron chi connectivity index (χ2n) is 5.53. The van der Waals surface area contributed by atoms with Gasteiger partial charge in [0.05, 0.1) is 6.04 Å². The molecule has 0 spiro atoms. The Morgan fingerprint density at radius 3 is 2.56 bits per heavy atom. The normalized spacial score (nSPS) is 25.4. The first kappa shape index (κ1) is 11.7. The molecule has 2 fully saturated rings. The third-order valence-corrected chi connectivity index (χ3v) is 3.67. The van der Waals surface area contributed by atoms with Crippen molar-refractivity contribution in [2.45, 2.75) is 70.4 Å². The highest BCUT2D eigenvalue weighted by Crippen LogP contribution is 2.33. The monoisotopic (exact) mass is 223 g/mol. The third-order valence-electron chi connectivity index (χ3n) is 3.67. The molecule has 1 atom stereocenters. The van der Waals surface area contributed by atoms with Gasteiger partial charge in [0.25, 0.3) is 0 Å². The zero-order valence-corrected chi connectivity index (χ0v) is 10.4. The van der Waals surface area contributed by atoms with Gasteiger partial charge in [0, 0.05) is 6.04 Å². The predicted molar refractivity (Wildman–Crippen MR) is 68.4 cm³/mol. The van der Waals surface area contributed by atoms with E-state index in [4.69, 9.17) is 5.73 Å². The molecule has 1 unspecified atom stereocenters. The van der Waals surface area contributed by atoms with Crippen molar-refractivity contribution in [3.63, 3.8) is 0 Å². The average molecular weight is 223 g/mol. The van der Waals surface area contributed by atoms with Crippen molar-refractivity contribution < 1.29 is 0 Å². The fourth-order valence-corrected chi connectivity index (χ4v) is 2.61. The molecule has 0 aromatic heterocycles. The fourth-order valence-electron chi connectivity index (χ4n) is 2.61. The standard InChI is InChI=1S/C13H25N3/c1-10(9-11-7-8-11)15-13(14)16-12-5-3-2-4-6-12/h10-12H,2-9H2,1H3,(H3,14,15,16). The molecule has 2 aliphatic carbocycles. The quantitative estimate of drug-likeness (QED) is 0.568. The zero-order chi connectivity index (χ0) is 11.4. The predicted octanol–water partition coefficient (Wildman–Crippen LogP) is 2.41. The van der Waals surface area contributed by atoms with Crippen molar-refractivity contribution in [1.82, 2.24) is 5.32 Å². The van der Waals surface area contributed by atoms with E-state index >= 15 is 0 Å². The first-order chi connectivity index (χ1) is 7.74. The lowest BCUT2D eigenvalue weighted by molar-refractivity contribution is 0.440. The van der Waals surface area contributed by atoms with E-state index in [-0.39, 0.29) is 0 Å². The van der Waals surface area contributed by atoms with Gasteiger partial charge in [0.15, 0.2) is 5.96 Å². The van der Waals surface area contributed by atoms with Crippen LogP contribution in [0.2, 0.25) is 0 Å². The Hall–Kier alpha value is -0.730. The fraction of sp³-hybridized carbons (Fsp3) is 0.923. The molecular weight excluding hydrogens is 198 g/mol. The van der Waals surface area contributed by atoms with Gasteiger partial charge in [0.2, 0.25) is 0 Å². The molecule has 0 heterocycles. The molecule has 92 valence electrons. The maximum atomic E-state index is 5.94. The smallest absolute Gasteiger partial charge is 0.189 e. The van der Waals surface area contributed by atoms with Gasteiger partial charge >= 0.3 is 0 Å². The maximum Gasteiger partial charge on any atom is 0.189 e. The number of nitrogens with one attached hydrogen (secondary N) is 1. The number of nitrogens with zero attached hydrogens (tertiary/aromatic N) is 1. The van der Waals surface area contributed by atoms with Crippen LogP contribution >= 0.6 is 0 Å². The highest BCUT2D eigenvalue weighted by molar-refractivity contribution is 5.78. The molecule has 0 saturated heterocycles. The van der Waals surface area contributed by atoms with Crippen LogP contribution in [0.4, 0.5) is 0 Å². The third kappa shape index (κ3) is 4.03. The Morgan fingerprint density at radius 1 is 1.25 bits per heavy atom. The summed E-state index contributed by atoms with van der Waals surface area (Å²) in [6.07, 6.45) is 10.5. The van der Waals surface area contributed by atoms with Crippen molar-refractivity contribution in [3.05, 3.63) is 0 Å². The van der Waals surface area contributed by atoms with E-state index in [9.17, 15) is 0 Å². The van der Waals surface area contributed by atoms with Gasteiger partial charge in [-0.05, 0) is 32.1 Å². The molecule has 3 heteroatoms. The summed E-state index contributed by atoms with van der Waals surface area (Å²) in [6.45, 7) is 2.21. The van der Waals surface area contributed by atoms with Crippen molar-refractivity contribution in [2.24, 2.45) is 16.6 Å². The lowest BCUT2D eigenvalue weighted by atomic mass is 9.96. The number of hydrogen-bond donors (Lipinski definition) is 2. The van der Waals surface area contributed by atoms with Gasteiger partial charge in [-0.1, -0.05) is 32.1 Å². The summed E-state index contributed by atoms with van der Waals surface area (Å²) >= 11 is 0. The minimum atomic E-state index is 0.481. The van der Waals surface area contributed by atoms with Crippen LogP contribution in [0.3, 0.4) is 0 Å². The topological polar surface area (TPSA) is 50.4 Å². The van der Waals surface area contributed by atoms with Gasteiger partial charge in [0.1, 0.15) is 0 Å². The molecule has 0 aromatic carbocycles. The number of rotatable bonds is 4. The highest BCUT2D eigenvalue weighted by Gasteiger charge is 2.23. The van der Waals surface area contributed by atoms with Crippen LogP contribution in [0.25, 0.3) is 0 Å². The SMILES string of the molecule is CC(CC1CC1)NC(N)=NC1CCCCC1. The summed E-state index contributed by atoms with van der Waals surface area (Å²) in [7, 11) is 0. The molecule has 16 heavy (non-hydrogen) atoms. The van der Waals surface area contributed by atoms with E-state index in [1.165, 1.54) is 51.4 Å². The van der Waals surface area contributed by atoms with Gasteiger partial charge in [-0.2, -0.15) is 0 Å². The molecule has 3 nitrogen and oxygen atoms in total. The van der Waals surface area contributed by atoms with Crippen LogP contribution in [0.1, 0.15) is 58.3 Å². The maximum absolute atomic E-state index is 5.94. The average Bonchev–Trinajstić information content (AvgIpc) is 3.02. The number of aliphatic imine (C=N–C) groups is 1. The van der Waals surface area contributed by atoms with Gasteiger partial charge < -0.3 is 11.1 Å². The van der Waals surface area contributed by atoms with E-state index in [2.05, 4.69) is 17.2 Å². The molecule has 0 aliphatic heterocycles. The molecule has 0 amide bonds. The van der Waals surface area contributed by atoms with E-state index in [1.807, 2.05) is 0 Å². The number of hydrogen-bond acceptors (Lipinski definition) is 1. The molecule has 0 bridgehead atoms. The first-order valence-electron chi connectivity index (χ1n) is 6.84.